The lowest BCUT2D eigenvalue weighted by molar-refractivity contribution is 0.0636. The largest absolute Gasteiger partial charge is 0.489 e. The van der Waals surface area contributed by atoms with Gasteiger partial charge < -0.3 is 14.8 Å². The van der Waals surface area contributed by atoms with Crippen LogP contribution >= 0.6 is 11.6 Å². The lowest BCUT2D eigenvalue weighted by atomic mass is 10.2. The lowest BCUT2D eigenvalue weighted by Gasteiger charge is -2.20. The molecule has 1 saturated heterocycles. The Labute approximate surface area is 130 Å². The van der Waals surface area contributed by atoms with E-state index in [1.54, 1.807) is 39.0 Å². The fourth-order valence-electron chi connectivity index (χ4n) is 2.01. The molecule has 116 valence electrons. The zero-order chi connectivity index (χ0) is 15.5. The van der Waals surface area contributed by atoms with Gasteiger partial charge in [0.15, 0.2) is 0 Å². The SMILES string of the molecule is CC(C)(C)OC(=O)Nc1cc(OC2CCNC2)ccc1Cl. The van der Waals surface area contributed by atoms with E-state index in [4.69, 9.17) is 21.1 Å². The van der Waals surface area contributed by atoms with Crippen molar-refractivity contribution < 1.29 is 14.3 Å². The number of hydrogen-bond donors (Lipinski definition) is 2. The molecule has 1 fully saturated rings. The van der Waals surface area contributed by atoms with E-state index < -0.39 is 11.7 Å². The van der Waals surface area contributed by atoms with Crippen LogP contribution < -0.4 is 15.4 Å². The smallest absolute Gasteiger partial charge is 0.412 e. The van der Waals surface area contributed by atoms with Gasteiger partial charge in [0.1, 0.15) is 17.5 Å². The van der Waals surface area contributed by atoms with Crippen molar-refractivity contribution >= 4 is 23.4 Å². The molecule has 0 spiro atoms. The molecule has 1 aliphatic rings. The van der Waals surface area contributed by atoms with E-state index in [1.165, 1.54) is 0 Å². The minimum Gasteiger partial charge on any atom is -0.489 e. The highest BCUT2D eigenvalue weighted by Gasteiger charge is 2.19. The first kappa shape index (κ1) is 15.9. The zero-order valence-corrected chi connectivity index (χ0v) is 13.3. The second-order valence-corrected chi connectivity index (χ2v) is 6.41. The van der Waals surface area contributed by atoms with E-state index in [0.29, 0.717) is 16.5 Å². The molecule has 0 saturated carbocycles. The molecule has 2 N–H and O–H groups in total. The van der Waals surface area contributed by atoms with Crippen molar-refractivity contribution in [2.45, 2.75) is 38.9 Å². The van der Waals surface area contributed by atoms with Crippen LogP contribution in [0.15, 0.2) is 18.2 Å². The Kier molecular flexibility index (Phi) is 4.96. The molecule has 1 unspecified atom stereocenters. The molecule has 2 rings (SSSR count). The first-order chi connectivity index (χ1) is 9.83. The second kappa shape index (κ2) is 6.54. The summed E-state index contributed by atoms with van der Waals surface area (Å²) in [6, 6.07) is 5.21. The summed E-state index contributed by atoms with van der Waals surface area (Å²) in [7, 11) is 0. The highest BCUT2D eigenvalue weighted by Crippen LogP contribution is 2.28. The average molecular weight is 313 g/mol. The third-order valence-electron chi connectivity index (χ3n) is 2.89. The lowest BCUT2D eigenvalue weighted by Crippen LogP contribution is -2.27. The molecular formula is C15H21ClN2O3. The number of nitrogens with one attached hydrogen (secondary N) is 2. The number of carbonyl (C=O) groups is 1. The van der Waals surface area contributed by atoms with E-state index in [0.717, 1.165) is 19.5 Å². The number of benzene rings is 1. The van der Waals surface area contributed by atoms with Gasteiger partial charge in [-0.05, 0) is 45.9 Å². The third kappa shape index (κ3) is 5.10. The highest BCUT2D eigenvalue weighted by atomic mass is 35.5. The maximum absolute atomic E-state index is 11.8. The predicted molar refractivity (Wildman–Crippen MR) is 83.2 cm³/mol. The number of anilines is 1. The molecule has 0 aromatic heterocycles. The van der Waals surface area contributed by atoms with Gasteiger partial charge in [-0.1, -0.05) is 11.6 Å². The van der Waals surface area contributed by atoms with Crippen LogP contribution in [0.25, 0.3) is 0 Å². The van der Waals surface area contributed by atoms with Gasteiger partial charge >= 0.3 is 6.09 Å². The van der Waals surface area contributed by atoms with Crippen LogP contribution in [0.1, 0.15) is 27.2 Å². The predicted octanol–water partition coefficient (Wildman–Crippen LogP) is 3.43. The van der Waals surface area contributed by atoms with Gasteiger partial charge in [-0.25, -0.2) is 4.79 Å². The number of hydrogen-bond acceptors (Lipinski definition) is 4. The fourth-order valence-corrected chi connectivity index (χ4v) is 2.17. The summed E-state index contributed by atoms with van der Waals surface area (Å²) >= 11 is 6.09. The topological polar surface area (TPSA) is 59.6 Å². The molecule has 6 heteroatoms. The van der Waals surface area contributed by atoms with Gasteiger partial charge in [-0.3, -0.25) is 5.32 Å². The Hall–Kier alpha value is -1.46. The molecule has 0 radical (unpaired) electrons. The first-order valence-corrected chi connectivity index (χ1v) is 7.38. The van der Waals surface area contributed by atoms with E-state index in [1.807, 2.05) is 0 Å². The minimum atomic E-state index is -0.555. The third-order valence-corrected chi connectivity index (χ3v) is 3.22. The quantitative estimate of drug-likeness (QED) is 0.897. The first-order valence-electron chi connectivity index (χ1n) is 7.00. The Morgan fingerprint density at radius 1 is 1.43 bits per heavy atom. The van der Waals surface area contributed by atoms with Crippen LogP contribution in [0.2, 0.25) is 5.02 Å². The molecule has 1 aromatic rings. The van der Waals surface area contributed by atoms with Gasteiger partial charge in [0, 0.05) is 12.6 Å². The molecule has 0 aliphatic carbocycles. The summed E-state index contributed by atoms with van der Waals surface area (Å²) < 4.78 is 11.1. The van der Waals surface area contributed by atoms with Crippen molar-refractivity contribution in [3.63, 3.8) is 0 Å². The molecule has 1 heterocycles. The van der Waals surface area contributed by atoms with Gasteiger partial charge in [-0.2, -0.15) is 0 Å². The molecular weight excluding hydrogens is 292 g/mol. The summed E-state index contributed by atoms with van der Waals surface area (Å²) in [5.74, 6) is 0.680. The molecule has 0 bridgehead atoms. The van der Waals surface area contributed by atoms with Crippen molar-refractivity contribution in [3.05, 3.63) is 23.2 Å². The van der Waals surface area contributed by atoms with Gasteiger partial charge in [0.2, 0.25) is 0 Å². The van der Waals surface area contributed by atoms with Crippen molar-refractivity contribution in [3.8, 4) is 5.75 Å². The normalized spacial score (nSPS) is 18.4. The molecule has 1 aromatic carbocycles. The van der Waals surface area contributed by atoms with Crippen LogP contribution in [-0.4, -0.2) is 30.9 Å². The number of amides is 1. The van der Waals surface area contributed by atoms with Crippen LogP contribution in [0, 0.1) is 0 Å². The monoisotopic (exact) mass is 312 g/mol. The average Bonchev–Trinajstić information content (AvgIpc) is 2.84. The fraction of sp³-hybridized carbons (Fsp3) is 0.533. The highest BCUT2D eigenvalue weighted by molar-refractivity contribution is 6.33. The molecule has 1 atom stereocenters. The van der Waals surface area contributed by atoms with E-state index in [-0.39, 0.29) is 6.10 Å². The Bertz CT molecular complexity index is 508. The van der Waals surface area contributed by atoms with Gasteiger partial charge in [-0.15, -0.1) is 0 Å². The number of halogens is 1. The number of ether oxygens (including phenoxy) is 2. The maximum Gasteiger partial charge on any atom is 0.412 e. The van der Waals surface area contributed by atoms with E-state index >= 15 is 0 Å². The van der Waals surface area contributed by atoms with Crippen molar-refractivity contribution in [2.24, 2.45) is 0 Å². The summed E-state index contributed by atoms with van der Waals surface area (Å²) in [5.41, 5.74) is -0.0745. The maximum atomic E-state index is 11.8. The summed E-state index contributed by atoms with van der Waals surface area (Å²) in [6.45, 7) is 7.21. The molecule has 1 aliphatic heterocycles. The summed E-state index contributed by atoms with van der Waals surface area (Å²) in [4.78, 5) is 11.8. The van der Waals surface area contributed by atoms with E-state index in [9.17, 15) is 4.79 Å². The Morgan fingerprint density at radius 3 is 2.81 bits per heavy atom. The Balaban J connectivity index is 2.02. The molecule has 1 amide bonds. The van der Waals surface area contributed by atoms with Crippen LogP contribution in [0.5, 0.6) is 5.75 Å². The van der Waals surface area contributed by atoms with Crippen LogP contribution in [0.3, 0.4) is 0 Å². The number of carbonyl (C=O) groups excluding carboxylic acids is 1. The van der Waals surface area contributed by atoms with E-state index in [2.05, 4.69) is 10.6 Å². The van der Waals surface area contributed by atoms with Crippen LogP contribution in [0.4, 0.5) is 10.5 Å². The second-order valence-electron chi connectivity index (χ2n) is 6.00. The number of rotatable bonds is 3. The van der Waals surface area contributed by atoms with Crippen LogP contribution in [-0.2, 0) is 4.74 Å². The standard InChI is InChI=1S/C15H21ClN2O3/c1-15(2,3)21-14(19)18-13-8-10(4-5-12(13)16)20-11-6-7-17-9-11/h4-5,8,11,17H,6-7,9H2,1-3H3,(H,18,19). The molecule has 21 heavy (non-hydrogen) atoms. The Morgan fingerprint density at radius 2 is 2.19 bits per heavy atom. The van der Waals surface area contributed by atoms with Crippen molar-refractivity contribution in [1.29, 1.82) is 0 Å². The van der Waals surface area contributed by atoms with Gasteiger partial charge in [0.25, 0.3) is 0 Å². The zero-order valence-electron chi connectivity index (χ0n) is 12.5. The van der Waals surface area contributed by atoms with Gasteiger partial charge in [0.05, 0.1) is 10.7 Å². The summed E-state index contributed by atoms with van der Waals surface area (Å²) in [6.07, 6.45) is 0.585. The molecule has 5 nitrogen and oxygen atoms in total. The van der Waals surface area contributed by atoms with Crippen molar-refractivity contribution in [1.82, 2.24) is 5.32 Å². The van der Waals surface area contributed by atoms with Crippen molar-refractivity contribution in [2.75, 3.05) is 18.4 Å². The minimum absolute atomic E-state index is 0.153. The summed E-state index contributed by atoms with van der Waals surface area (Å²) in [5, 5.41) is 6.32.